The van der Waals surface area contributed by atoms with E-state index in [1.807, 2.05) is 66.6 Å². The Morgan fingerprint density at radius 2 is 1.68 bits per heavy atom. The first-order chi connectivity index (χ1) is 20.0. The van der Waals surface area contributed by atoms with Crippen LogP contribution in [0.4, 0.5) is 0 Å². The monoisotopic (exact) mass is 552 g/mol. The van der Waals surface area contributed by atoms with Crippen LogP contribution in [-0.4, -0.2) is 51.9 Å². The molecule has 214 valence electrons. The molecule has 7 nitrogen and oxygen atoms in total. The smallest absolute Gasteiger partial charge is 0.287 e. The molecule has 4 aromatic rings. The molecular formula is C34H40N4O3. The van der Waals surface area contributed by atoms with Crippen molar-refractivity contribution >= 4 is 11.8 Å². The summed E-state index contributed by atoms with van der Waals surface area (Å²) < 4.78 is 8.05. The van der Waals surface area contributed by atoms with Gasteiger partial charge in [-0.25, -0.2) is 0 Å². The van der Waals surface area contributed by atoms with Crippen molar-refractivity contribution in [1.82, 2.24) is 19.7 Å². The van der Waals surface area contributed by atoms with Gasteiger partial charge in [0.2, 0.25) is 0 Å². The van der Waals surface area contributed by atoms with Gasteiger partial charge in [0.05, 0.1) is 13.1 Å². The van der Waals surface area contributed by atoms with Gasteiger partial charge in [-0.2, -0.15) is 0 Å². The summed E-state index contributed by atoms with van der Waals surface area (Å²) in [5.41, 5.74) is 4.17. The van der Waals surface area contributed by atoms with Gasteiger partial charge in [0.1, 0.15) is 5.76 Å². The fraction of sp³-hybridized carbons (Fsp3) is 0.353. The molecule has 7 heteroatoms. The van der Waals surface area contributed by atoms with Crippen LogP contribution < -0.4 is 5.32 Å². The summed E-state index contributed by atoms with van der Waals surface area (Å²) in [7, 11) is 0. The molecular weight excluding hydrogens is 512 g/mol. The van der Waals surface area contributed by atoms with E-state index in [0.29, 0.717) is 36.7 Å². The normalized spacial score (nSPS) is 14.2. The van der Waals surface area contributed by atoms with Gasteiger partial charge in [0.15, 0.2) is 5.76 Å². The standard InChI is InChI=1S/C34H40N4O3/c1-3-19-38(34(40)28-13-11-26(2)12-14-28)24-30-10-7-20-37(30)25-31-15-16-32(41-31)33(39)35-29-17-21-36(22-18-29)23-27-8-5-4-6-9-27/h4-16,20,29H,3,17-19,21-25H2,1-2H3,(H,35,39). The molecule has 1 aliphatic heterocycles. The van der Waals surface area contributed by atoms with E-state index in [9.17, 15) is 9.59 Å². The molecule has 0 unspecified atom stereocenters. The van der Waals surface area contributed by atoms with E-state index in [1.54, 1.807) is 6.07 Å². The number of likely N-dealkylation sites (tertiary alicyclic amines) is 1. The number of hydrogen-bond donors (Lipinski definition) is 1. The number of piperidine rings is 1. The minimum absolute atomic E-state index is 0.0301. The molecule has 1 aliphatic rings. The Bertz CT molecular complexity index is 1420. The van der Waals surface area contributed by atoms with Crippen LogP contribution in [-0.2, 0) is 19.6 Å². The lowest BCUT2D eigenvalue weighted by Crippen LogP contribution is -2.44. The van der Waals surface area contributed by atoms with E-state index in [0.717, 1.165) is 50.2 Å². The number of nitrogens with one attached hydrogen (secondary N) is 1. The summed E-state index contributed by atoms with van der Waals surface area (Å²) in [4.78, 5) is 30.5. The number of aryl methyl sites for hydroxylation is 1. The SMILES string of the molecule is CCCN(Cc1cccn1Cc1ccc(C(=O)NC2CCN(Cc3ccccc3)CC2)o1)C(=O)c1ccc(C)cc1. The molecule has 0 saturated carbocycles. The van der Waals surface area contributed by atoms with Crippen LogP contribution in [0.5, 0.6) is 0 Å². The Kier molecular flexibility index (Phi) is 9.36. The fourth-order valence-corrected chi connectivity index (χ4v) is 5.43. The van der Waals surface area contributed by atoms with Crippen molar-refractivity contribution in [2.45, 2.75) is 58.8 Å². The highest BCUT2D eigenvalue weighted by molar-refractivity contribution is 5.94. The van der Waals surface area contributed by atoms with Crippen LogP contribution in [0.3, 0.4) is 0 Å². The second-order valence-electron chi connectivity index (χ2n) is 11.0. The zero-order valence-corrected chi connectivity index (χ0v) is 24.1. The Hall–Kier alpha value is -4.10. The number of carbonyl (C=O) groups is 2. The number of amides is 2. The van der Waals surface area contributed by atoms with Crippen LogP contribution in [0.25, 0.3) is 0 Å². The highest BCUT2D eigenvalue weighted by Crippen LogP contribution is 2.18. The van der Waals surface area contributed by atoms with E-state index in [2.05, 4.69) is 46.0 Å². The largest absolute Gasteiger partial charge is 0.454 e. The lowest BCUT2D eigenvalue weighted by atomic mass is 10.0. The van der Waals surface area contributed by atoms with Crippen LogP contribution in [0, 0.1) is 6.92 Å². The van der Waals surface area contributed by atoms with Gasteiger partial charge in [0.25, 0.3) is 11.8 Å². The maximum atomic E-state index is 13.2. The number of aromatic nitrogens is 1. The van der Waals surface area contributed by atoms with Gasteiger partial charge in [-0.15, -0.1) is 0 Å². The average molecular weight is 553 g/mol. The first kappa shape index (κ1) is 28.4. The van der Waals surface area contributed by atoms with E-state index < -0.39 is 0 Å². The summed E-state index contributed by atoms with van der Waals surface area (Å²) >= 11 is 0. The fourth-order valence-electron chi connectivity index (χ4n) is 5.43. The third-order valence-electron chi connectivity index (χ3n) is 7.74. The van der Waals surface area contributed by atoms with E-state index in [1.165, 1.54) is 5.56 Å². The van der Waals surface area contributed by atoms with Gasteiger partial charge >= 0.3 is 0 Å². The van der Waals surface area contributed by atoms with Crippen molar-refractivity contribution in [3.8, 4) is 0 Å². The Morgan fingerprint density at radius 3 is 2.41 bits per heavy atom. The Morgan fingerprint density at radius 1 is 0.927 bits per heavy atom. The van der Waals surface area contributed by atoms with Crippen LogP contribution in [0.2, 0.25) is 0 Å². The minimum atomic E-state index is -0.164. The number of carbonyl (C=O) groups excluding carboxylic acids is 2. The molecule has 0 aliphatic carbocycles. The maximum Gasteiger partial charge on any atom is 0.287 e. The topological polar surface area (TPSA) is 70.7 Å². The van der Waals surface area contributed by atoms with Crippen molar-refractivity contribution in [2.75, 3.05) is 19.6 Å². The number of rotatable bonds is 11. The van der Waals surface area contributed by atoms with Gasteiger partial charge in [-0.1, -0.05) is 55.0 Å². The third kappa shape index (κ3) is 7.55. The zero-order chi connectivity index (χ0) is 28.6. The molecule has 2 amide bonds. The van der Waals surface area contributed by atoms with Crippen LogP contribution >= 0.6 is 0 Å². The molecule has 0 spiro atoms. The summed E-state index contributed by atoms with van der Waals surface area (Å²) in [5, 5.41) is 3.16. The third-order valence-corrected chi connectivity index (χ3v) is 7.74. The number of hydrogen-bond acceptors (Lipinski definition) is 4. The predicted molar refractivity (Wildman–Crippen MR) is 161 cm³/mol. The zero-order valence-electron chi connectivity index (χ0n) is 24.1. The van der Waals surface area contributed by atoms with E-state index in [-0.39, 0.29) is 17.9 Å². The predicted octanol–water partition coefficient (Wildman–Crippen LogP) is 5.88. The van der Waals surface area contributed by atoms with Crippen molar-refractivity contribution in [1.29, 1.82) is 0 Å². The minimum Gasteiger partial charge on any atom is -0.454 e. The highest BCUT2D eigenvalue weighted by Gasteiger charge is 2.23. The number of benzene rings is 2. The maximum absolute atomic E-state index is 13.2. The molecule has 1 N–H and O–H groups in total. The lowest BCUT2D eigenvalue weighted by Gasteiger charge is -2.32. The number of furan rings is 1. The first-order valence-corrected chi connectivity index (χ1v) is 14.6. The second kappa shape index (κ2) is 13.5. The van der Waals surface area contributed by atoms with Gasteiger partial charge in [-0.05, 0) is 68.1 Å². The van der Waals surface area contributed by atoms with E-state index in [4.69, 9.17) is 4.42 Å². The molecule has 2 aromatic heterocycles. The quantitative estimate of drug-likeness (QED) is 0.252. The first-order valence-electron chi connectivity index (χ1n) is 14.6. The summed E-state index contributed by atoms with van der Waals surface area (Å²) in [5.74, 6) is 0.908. The lowest BCUT2D eigenvalue weighted by molar-refractivity contribution is 0.0739. The van der Waals surface area contributed by atoms with Crippen molar-refractivity contribution in [3.63, 3.8) is 0 Å². The second-order valence-corrected chi connectivity index (χ2v) is 11.0. The molecule has 1 saturated heterocycles. The van der Waals surface area contributed by atoms with Crippen LogP contribution in [0.15, 0.2) is 89.5 Å². The van der Waals surface area contributed by atoms with Crippen molar-refractivity contribution < 1.29 is 14.0 Å². The summed E-state index contributed by atoms with van der Waals surface area (Å²) in [6.07, 6.45) is 4.71. The molecule has 0 atom stereocenters. The summed E-state index contributed by atoms with van der Waals surface area (Å²) in [6, 6.07) is 26.0. The van der Waals surface area contributed by atoms with Gasteiger partial charge < -0.3 is 19.2 Å². The van der Waals surface area contributed by atoms with Crippen LogP contribution in [0.1, 0.15) is 69.7 Å². The molecule has 2 aromatic carbocycles. The molecule has 41 heavy (non-hydrogen) atoms. The van der Waals surface area contributed by atoms with Crippen molar-refractivity contribution in [3.05, 3.63) is 119 Å². The molecule has 5 rings (SSSR count). The highest BCUT2D eigenvalue weighted by atomic mass is 16.4. The average Bonchev–Trinajstić information content (AvgIpc) is 3.64. The van der Waals surface area contributed by atoms with Crippen molar-refractivity contribution in [2.24, 2.45) is 0 Å². The Labute approximate surface area is 242 Å². The molecule has 0 radical (unpaired) electrons. The van der Waals surface area contributed by atoms with Gasteiger partial charge in [-0.3, -0.25) is 14.5 Å². The van der Waals surface area contributed by atoms with Gasteiger partial charge in [0, 0.05) is 49.7 Å². The summed E-state index contributed by atoms with van der Waals surface area (Å²) in [6.45, 7) is 8.64. The molecule has 1 fully saturated rings. The number of nitrogens with zero attached hydrogens (tertiary/aromatic N) is 3. The molecule has 3 heterocycles. The van der Waals surface area contributed by atoms with E-state index >= 15 is 0 Å². The molecule has 0 bridgehead atoms. The Balaban J connectivity index is 1.15.